The van der Waals surface area contributed by atoms with Crippen LogP contribution in [0, 0.1) is 0 Å². The molecule has 2 N–H and O–H groups in total. The Kier molecular flexibility index (Phi) is 4.29. The fourth-order valence-electron chi connectivity index (χ4n) is 2.52. The third-order valence-corrected chi connectivity index (χ3v) is 3.73. The number of ether oxygens (including phenoxy) is 1. The second kappa shape index (κ2) is 6.54. The highest BCUT2D eigenvalue weighted by molar-refractivity contribution is 6.22. The molecule has 3 amide bonds. The van der Waals surface area contributed by atoms with E-state index in [1.807, 2.05) is 31.2 Å². The number of amides is 3. The monoisotopic (exact) mass is 324 g/mol. The first-order valence-electron chi connectivity index (χ1n) is 7.58. The lowest BCUT2D eigenvalue weighted by Gasteiger charge is -2.10. The lowest BCUT2D eigenvalue weighted by Crippen LogP contribution is -2.21. The fourth-order valence-corrected chi connectivity index (χ4v) is 2.52. The SMILES string of the molecule is CCc1ccccc1OCC(=O)Nc1ccc2c(c1)C(=O)NC2=O. The van der Waals surface area contributed by atoms with Crippen molar-refractivity contribution < 1.29 is 19.1 Å². The highest BCUT2D eigenvalue weighted by atomic mass is 16.5. The van der Waals surface area contributed by atoms with Crippen molar-refractivity contribution in [2.24, 2.45) is 0 Å². The summed E-state index contributed by atoms with van der Waals surface area (Å²) in [5, 5.41) is 4.87. The van der Waals surface area contributed by atoms with Gasteiger partial charge in [0.2, 0.25) is 0 Å². The Balaban J connectivity index is 1.65. The standard InChI is InChI=1S/C18H16N2O4/c1-2-11-5-3-4-6-15(11)24-10-16(21)19-12-7-8-13-14(9-12)18(23)20-17(13)22/h3-9H,2,10H2,1H3,(H,19,21)(H,20,22,23). The van der Waals surface area contributed by atoms with Crippen molar-refractivity contribution >= 4 is 23.4 Å². The molecule has 0 fully saturated rings. The number of imide groups is 1. The lowest BCUT2D eigenvalue weighted by molar-refractivity contribution is -0.118. The van der Waals surface area contributed by atoms with Gasteiger partial charge in [-0.25, -0.2) is 0 Å². The number of aryl methyl sites for hydroxylation is 1. The number of carbonyl (C=O) groups excluding carboxylic acids is 3. The molecule has 1 heterocycles. The molecule has 0 saturated carbocycles. The summed E-state index contributed by atoms with van der Waals surface area (Å²) >= 11 is 0. The van der Waals surface area contributed by atoms with Crippen molar-refractivity contribution in [1.29, 1.82) is 0 Å². The van der Waals surface area contributed by atoms with E-state index in [1.165, 1.54) is 12.1 Å². The van der Waals surface area contributed by atoms with E-state index in [4.69, 9.17) is 4.74 Å². The van der Waals surface area contributed by atoms with E-state index in [-0.39, 0.29) is 18.1 Å². The molecule has 0 saturated heterocycles. The molecule has 6 nitrogen and oxygen atoms in total. The topological polar surface area (TPSA) is 84.5 Å². The predicted molar refractivity (Wildman–Crippen MR) is 88.2 cm³/mol. The fraction of sp³-hybridized carbons (Fsp3) is 0.167. The van der Waals surface area contributed by atoms with Gasteiger partial charge in [0.05, 0.1) is 11.1 Å². The van der Waals surface area contributed by atoms with Crippen LogP contribution in [0.1, 0.15) is 33.2 Å². The molecule has 0 bridgehead atoms. The molecule has 0 radical (unpaired) electrons. The zero-order valence-electron chi connectivity index (χ0n) is 13.1. The number of carbonyl (C=O) groups is 3. The molecule has 0 aromatic heterocycles. The van der Waals surface area contributed by atoms with Crippen LogP contribution in [0.5, 0.6) is 5.75 Å². The van der Waals surface area contributed by atoms with Gasteiger partial charge < -0.3 is 10.1 Å². The molecular formula is C18H16N2O4. The lowest BCUT2D eigenvalue weighted by atomic mass is 10.1. The van der Waals surface area contributed by atoms with Gasteiger partial charge in [0.15, 0.2) is 6.61 Å². The highest BCUT2D eigenvalue weighted by Crippen LogP contribution is 2.21. The van der Waals surface area contributed by atoms with E-state index in [0.29, 0.717) is 17.0 Å². The summed E-state index contributed by atoms with van der Waals surface area (Å²) in [7, 11) is 0. The van der Waals surface area contributed by atoms with Crippen LogP contribution in [0.25, 0.3) is 0 Å². The van der Waals surface area contributed by atoms with E-state index in [0.717, 1.165) is 12.0 Å². The first-order chi connectivity index (χ1) is 11.6. The van der Waals surface area contributed by atoms with Crippen LogP contribution in [0.15, 0.2) is 42.5 Å². The Labute approximate surface area is 138 Å². The Morgan fingerprint density at radius 3 is 2.62 bits per heavy atom. The van der Waals surface area contributed by atoms with Gasteiger partial charge in [-0.3, -0.25) is 19.7 Å². The number of hydrogen-bond donors (Lipinski definition) is 2. The summed E-state index contributed by atoms with van der Waals surface area (Å²) in [5.41, 5.74) is 2.04. The maximum Gasteiger partial charge on any atom is 0.262 e. The minimum Gasteiger partial charge on any atom is -0.483 e. The van der Waals surface area contributed by atoms with Crippen LogP contribution < -0.4 is 15.4 Å². The third kappa shape index (κ3) is 3.12. The van der Waals surface area contributed by atoms with Gasteiger partial charge in [0, 0.05) is 5.69 Å². The van der Waals surface area contributed by atoms with Crippen molar-refractivity contribution in [3.8, 4) is 5.75 Å². The average molecular weight is 324 g/mol. The van der Waals surface area contributed by atoms with Gasteiger partial charge in [-0.1, -0.05) is 25.1 Å². The molecular weight excluding hydrogens is 308 g/mol. The van der Waals surface area contributed by atoms with Crippen LogP contribution in [-0.4, -0.2) is 24.3 Å². The third-order valence-electron chi connectivity index (χ3n) is 3.73. The predicted octanol–water partition coefficient (Wildman–Crippen LogP) is 2.15. The van der Waals surface area contributed by atoms with E-state index < -0.39 is 11.8 Å². The Morgan fingerprint density at radius 2 is 1.83 bits per heavy atom. The van der Waals surface area contributed by atoms with Crippen molar-refractivity contribution in [2.75, 3.05) is 11.9 Å². The van der Waals surface area contributed by atoms with Crippen LogP contribution >= 0.6 is 0 Å². The number of nitrogens with one attached hydrogen (secondary N) is 2. The van der Waals surface area contributed by atoms with Crippen LogP contribution in [-0.2, 0) is 11.2 Å². The summed E-state index contributed by atoms with van der Waals surface area (Å²) in [6, 6.07) is 12.1. The van der Waals surface area contributed by atoms with Gasteiger partial charge >= 0.3 is 0 Å². The molecule has 1 aliphatic rings. The molecule has 2 aromatic carbocycles. The minimum absolute atomic E-state index is 0.140. The normalized spacial score (nSPS) is 12.5. The zero-order valence-corrected chi connectivity index (χ0v) is 13.1. The van der Waals surface area contributed by atoms with Crippen molar-refractivity contribution in [2.45, 2.75) is 13.3 Å². The Bertz CT molecular complexity index is 830. The quantitative estimate of drug-likeness (QED) is 0.825. The number of benzene rings is 2. The van der Waals surface area contributed by atoms with Crippen molar-refractivity contribution in [3.63, 3.8) is 0 Å². The molecule has 0 aliphatic carbocycles. The maximum absolute atomic E-state index is 12.0. The van der Waals surface area contributed by atoms with Gasteiger partial charge in [0.1, 0.15) is 5.75 Å². The molecule has 3 rings (SSSR count). The highest BCUT2D eigenvalue weighted by Gasteiger charge is 2.26. The average Bonchev–Trinajstić information content (AvgIpc) is 2.87. The molecule has 1 aliphatic heterocycles. The molecule has 0 atom stereocenters. The maximum atomic E-state index is 12.0. The molecule has 6 heteroatoms. The first-order valence-corrected chi connectivity index (χ1v) is 7.58. The van der Waals surface area contributed by atoms with E-state index in [1.54, 1.807) is 6.07 Å². The second-order valence-electron chi connectivity index (χ2n) is 5.34. The number of rotatable bonds is 5. The van der Waals surface area contributed by atoms with Gasteiger partial charge in [0.25, 0.3) is 17.7 Å². The van der Waals surface area contributed by atoms with Gasteiger partial charge in [-0.2, -0.15) is 0 Å². The molecule has 122 valence electrons. The molecule has 0 unspecified atom stereocenters. The number of anilines is 1. The second-order valence-corrected chi connectivity index (χ2v) is 5.34. The van der Waals surface area contributed by atoms with Crippen LogP contribution in [0.3, 0.4) is 0 Å². The molecule has 0 spiro atoms. The van der Waals surface area contributed by atoms with Crippen LogP contribution in [0.2, 0.25) is 0 Å². The summed E-state index contributed by atoms with van der Waals surface area (Å²) in [6.07, 6.45) is 0.811. The summed E-state index contributed by atoms with van der Waals surface area (Å²) in [5.74, 6) is -0.550. The van der Waals surface area contributed by atoms with Crippen LogP contribution in [0.4, 0.5) is 5.69 Å². The Hall–Kier alpha value is -3.15. The smallest absolute Gasteiger partial charge is 0.262 e. The number of fused-ring (bicyclic) bond motifs is 1. The van der Waals surface area contributed by atoms with E-state index in [9.17, 15) is 14.4 Å². The largest absolute Gasteiger partial charge is 0.483 e. The van der Waals surface area contributed by atoms with E-state index >= 15 is 0 Å². The van der Waals surface area contributed by atoms with Crippen molar-refractivity contribution in [1.82, 2.24) is 5.32 Å². The summed E-state index contributed by atoms with van der Waals surface area (Å²) in [6.45, 7) is 1.87. The zero-order chi connectivity index (χ0) is 17.1. The summed E-state index contributed by atoms with van der Waals surface area (Å²) in [4.78, 5) is 35.1. The molecule has 24 heavy (non-hydrogen) atoms. The molecule has 2 aromatic rings. The van der Waals surface area contributed by atoms with Gasteiger partial charge in [-0.15, -0.1) is 0 Å². The number of para-hydroxylation sites is 1. The van der Waals surface area contributed by atoms with E-state index in [2.05, 4.69) is 10.6 Å². The van der Waals surface area contributed by atoms with Gasteiger partial charge in [-0.05, 0) is 36.2 Å². The first kappa shape index (κ1) is 15.7. The number of hydrogen-bond acceptors (Lipinski definition) is 4. The van der Waals surface area contributed by atoms with Crippen molar-refractivity contribution in [3.05, 3.63) is 59.2 Å². The minimum atomic E-state index is -0.459. The summed E-state index contributed by atoms with van der Waals surface area (Å²) < 4.78 is 5.55. The Morgan fingerprint density at radius 1 is 1.08 bits per heavy atom.